The van der Waals surface area contributed by atoms with Crippen molar-refractivity contribution in [1.82, 2.24) is 5.32 Å². The van der Waals surface area contributed by atoms with Gasteiger partial charge in [0, 0.05) is 10.8 Å². The number of ketones is 1. The number of hydrogen-bond acceptors (Lipinski definition) is 6. The highest BCUT2D eigenvalue weighted by atomic mass is 35.5. The SMILES string of the molecule is C=CCOC(=O)NC(CC(=O)OC(C)(C)C)C(=O)CSCc1ccccc1Cl. The maximum atomic E-state index is 12.6. The van der Waals surface area contributed by atoms with Gasteiger partial charge in [0.25, 0.3) is 0 Å². The van der Waals surface area contributed by atoms with Crippen molar-refractivity contribution in [3.05, 3.63) is 47.5 Å². The average molecular weight is 428 g/mol. The van der Waals surface area contributed by atoms with Crippen LogP contribution in [0.25, 0.3) is 0 Å². The van der Waals surface area contributed by atoms with Crippen LogP contribution in [0, 0.1) is 0 Å². The Bertz CT molecular complexity index is 702. The molecule has 0 spiro atoms. The molecule has 28 heavy (non-hydrogen) atoms. The van der Waals surface area contributed by atoms with E-state index in [0.29, 0.717) is 10.8 Å². The van der Waals surface area contributed by atoms with E-state index in [0.717, 1.165) is 5.56 Å². The lowest BCUT2D eigenvalue weighted by atomic mass is 10.1. The molecule has 1 N–H and O–H groups in total. The maximum absolute atomic E-state index is 12.6. The fourth-order valence-corrected chi connectivity index (χ4v) is 3.35. The zero-order valence-electron chi connectivity index (χ0n) is 16.3. The third-order valence-electron chi connectivity index (χ3n) is 3.26. The summed E-state index contributed by atoms with van der Waals surface area (Å²) >= 11 is 7.46. The molecule has 0 aliphatic heterocycles. The van der Waals surface area contributed by atoms with Crippen LogP contribution in [0.15, 0.2) is 36.9 Å². The smallest absolute Gasteiger partial charge is 0.408 e. The van der Waals surface area contributed by atoms with Gasteiger partial charge in [-0.1, -0.05) is 42.5 Å². The van der Waals surface area contributed by atoms with Crippen LogP contribution in [-0.2, 0) is 24.8 Å². The summed E-state index contributed by atoms with van der Waals surface area (Å²) < 4.78 is 10.1. The number of carbonyl (C=O) groups is 3. The largest absolute Gasteiger partial charge is 0.460 e. The van der Waals surface area contributed by atoms with E-state index >= 15 is 0 Å². The van der Waals surface area contributed by atoms with Gasteiger partial charge in [-0.05, 0) is 32.4 Å². The van der Waals surface area contributed by atoms with E-state index in [1.807, 2.05) is 18.2 Å². The number of thioether (sulfide) groups is 1. The second-order valence-electron chi connectivity index (χ2n) is 6.93. The van der Waals surface area contributed by atoms with Crippen molar-refractivity contribution in [2.24, 2.45) is 0 Å². The minimum atomic E-state index is -1.04. The third kappa shape index (κ3) is 9.80. The molecule has 0 heterocycles. The van der Waals surface area contributed by atoms with E-state index in [4.69, 9.17) is 21.1 Å². The number of esters is 1. The van der Waals surface area contributed by atoms with Gasteiger partial charge in [0.2, 0.25) is 0 Å². The van der Waals surface area contributed by atoms with Crippen molar-refractivity contribution in [3.63, 3.8) is 0 Å². The predicted octanol–water partition coefficient (Wildman–Crippen LogP) is 4.15. The molecule has 8 heteroatoms. The minimum absolute atomic E-state index is 0.000434. The Hall–Kier alpha value is -1.99. The summed E-state index contributed by atoms with van der Waals surface area (Å²) in [5.74, 6) is -0.254. The van der Waals surface area contributed by atoms with Crippen LogP contribution in [0.4, 0.5) is 4.79 Å². The summed E-state index contributed by atoms with van der Waals surface area (Å²) in [7, 11) is 0. The van der Waals surface area contributed by atoms with Crippen LogP contribution in [0.1, 0.15) is 32.8 Å². The summed E-state index contributed by atoms with van der Waals surface area (Å²) in [6.45, 7) is 8.64. The molecule has 0 aromatic heterocycles. The number of amides is 1. The molecule has 0 radical (unpaired) electrons. The Morgan fingerprint density at radius 3 is 2.57 bits per heavy atom. The number of hydrogen-bond donors (Lipinski definition) is 1. The fraction of sp³-hybridized carbons (Fsp3) is 0.450. The quantitative estimate of drug-likeness (QED) is 0.446. The molecule has 1 aromatic rings. The summed E-state index contributed by atoms with van der Waals surface area (Å²) in [5.41, 5.74) is 0.219. The van der Waals surface area contributed by atoms with Gasteiger partial charge in [-0.25, -0.2) is 4.79 Å². The first kappa shape index (κ1) is 24.0. The molecule has 0 saturated carbocycles. The number of rotatable bonds is 10. The van der Waals surface area contributed by atoms with Crippen molar-refractivity contribution >= 4 is 41.2 Å². The Balaban J connectivity index is 2.68. The zero-order valence-corrected chi connectivity index (χ0v) is 17.9. The van der Waals surface area contributed by atoms with Crippen LogP contribution < -0.4 is 5.32 Å². The second kappa shape index (κ2) is 11.8. The number of Topliss-reactive ketones (excluding diaryl/α,β-unsaturated/α-hetero) is 1. The molecule has 0 aliphatic carbocycles. The summed E-state index contributed by atoms with van der Waals surface area (Å²) in [6.07, 6.45) is 0.341. The number of carbonyl (C=O) groups excluding carboxylic acids is 3. The van der Waals surface area contributed by atoms with Crippen molar-refractivity contribution in [2.75, 3.05) is 12.4 Å². The first-order valence-electron chi connectivity index (χ1n) is 8.72. The van der Waals surface area contributed by atoms with Gasteiger partial charge < -0.3 is 14.8 Å². The number of alkyl carbamates (subject to hydrolysis) is 1. The highest BCUT2D eigenvalue weighted by Gasteiger charge is 2.27. The molecule has 0 bridgehead atoms. The van der Waals surface area contributed by atoms with Crippen LogP contribution in [0.5, 0.6) is 0 Å². The van der Waals surface area contributed by atoms with Crippen molar-refractivity contribution in [1.29, 1.82) is 0 Å². The topological polar surface area (TPSA) is 81.7 Å². The monoisotopic (exact) mass is 427 g/mol. The Morgan fingerprint density at radius 1 is 1.29 bits per heavy atom. The van der Waals surface area contributed by atoms with E-state index in [1.165, 1.54) is 17.8 Å². The molecule has 1 aromatic carbocycles. The van der Waals surface area contributed by atoms with Crippen molar-refractivity contribution in [2.45, 2.75) is 44.6 Å². The molecular formula is C20H26ClNO5S. The molecule has 1 amide bonds. The first-order chi connectivity index (χ1) is 13.1. The lowest BCUT2D eigenvalue weighted by Crippen LogP contribution is -2.44. The number of benzene rings is 1. The fourth-order valence-electron chi connectivity index (χ4n) is 2.09. The normalized spacial score (nSPS) is 12.0. The van der Waals surface area contributed by atoms with Crippen LogP contribution in [0.2, 0.25) is 5.02 Å². The molecule has 1 rings (SSSR count). The molecule has 1 atom stereocenters. The first-order valence-corrected chi connectivity index (χ1v) is 10.3. The molecule has 0 fully saturated rings. The van der Waals surface area contributed by atoms with Gasteiger partial charge in [-0.2, -0.15) is 0 Å². The Labute approximate surface area is 175 Å². The van der Waals surface area contributed by atoms with E-state index in [1.54, 1.807) is 26.8 Å². The predicted molar refractivity (Wildman–Crippen MR) is 112 cm³/mol. The van der Waals surface area contributed by atoms with Crippen molar-refractivity contribution in [3.8, 4) is 0 Å². The minimum Gasteiger partial charge on any atom is -0.460 e. The van der Waals surface area contributed by atoms with E-state index in [-0.39, 0.29) is 24.6 Å². The average Bonchev–Trinajstić information content (AvgIpc) is 2.59. The highest BCUT2D eigenvalue weighted by Crippen LogP contribution is 2.21. The Kier molecular flexibility index (Phi) is 10.1. The van der Waals surface area contributed by atoms with E-state index in [2.05, 4.69) is 11.9 Å². The van der Waals surface area contributed by atoms with Gasteiger partial charge in [0.05, 0.1) is 12.2 Å². The van der Waals surface area contributed by atoms with E-state index < -0.39 is 23.7 Å². The number of halogens is 1. The van der Waals surface area contributed by atoms with Gasteiger partial charge >= 0.3 is 12.1 Å². The van der Waals surface area contributed by atoms with Gasteiger partial charge in [0.15, 0.2) is 5.78 Å². The molecule has 6 nitrogen and oxygen atoms in total. The molecular weight excluding hydrogens is 402 g/mol. The second-order valence-corrected chi connectivity index (χ2v) is 8.32. The summed E-state index contributed by atoms with van der Waals surface area (Å²) in [4.78, 5) is 36.5. The van der Waals surface area contributed by atoms with Gasteiger partial charge in [-0.3, -0.25) is 9.59 Å². The van der Waals surface area contributed by atoms with E-state index in [9.17, 15) is 14.4 Å². The number of nitrogens with one attached hydrogen (secondary N) is 1. The summed E-state index contributed by atoms with van der Waals surface area (Å²) in [6, 6.07) is 6.32. The molecule has 0 saturated heterocycles. The highest BCUT2D eigenvalue weighted by molar-refractivity contribution is 7.99. The molecule has 154 valence electrons. The van der Waals surface area contributed by atoms with Crippen molar-refractivity contribution < 1.29 is 23.9 Å². The molecule has 0 aliphatic rings. The summed E-state index contributed by atoms with van der Waals surface area (Å²) in [5, 5.41) is 3.05. The zero-order chi connectivity index (χ0) is 21.2. The maximum Gasteiger partial charge on any atom is 0.408 e. The van der Waals surface area contributed by atoms with Gasteiger partial charge in [0.1, 0.15) is 18.2 Å². The van der Waals surface area contributed by atoms with Crippen LogP contribution in [0.3, 0.4) is 0 Å². The van der Waals surface area contributed by atoms with Gasteiger partial charge in [-0.15, -0.1) is 11.8 Å². The lowest BCUT2D eigenvalue weighted by molar-refractivity contribution is -0.156. The van der Waals surface area contributed by atoms with Crippen LogP contribution >= 0.6 is 23.4 Å². The Morgan fingerprint density at radius 2 is 1.96 bits per heavy atom. The standard InChI is InChI=1S/C20H26ClNO5S/c1-5-10-26-19(25)22-16(11-18(24)27-20(2,3)4)17(23)13-28-12-14-8-6-7-9-15(14)21/h5-9,16H,1,10-13H2,2-4H3,(H,22,25). The molecule has 1 unspecified atom stereocenters. The third-order valence-corrected chi connectivity index (χ3v) is 4.64. The number of ether oxygens (including phenoxy) is 2. The van der Waals surface area contributed by atoms with Crippen LogP contribution in [-0.4, -0.2) is 41.8 Å². The lowest BCUT2D eigenvalue weighted by Gasteiger charge is -2.22.